The highest BCUT2D eigenvalue weighted by Gasteiger charge is 2.23. The zero-order valence-electron chi connectivity index (χ0n) is 23.5. The number of ether oxygens (including phenoxy) is 1. The van der Waals surface area contributed by atoms with Crippen molar-refractivity contribution in [1.82, 2.24) is 14.7 Å². The van der Waals surface area contributed by atoms with E-state index < -0.39 is 0 Å². The van der Waals surface area contributed by atoms with Crippen LogP contribution in [-0.2, 0) is 11.2 Å². The molecule has 0 radical (unpaired) electrons. The Bertz CT molecular complexity index is 1180. The summed E-state index contributed by atoms with van der Waals surface area (Å²) in [6.07, 6.45) is 7.81. The molecule has 7 heteroatoms. The Balaban J connectivity index is 0.00000118. The molecule has 2 aliphatic heterocycles. The molecule has 3 aromatic carbocycles. The summed E-state index contributed by atoms with van der Waals surface area (Å²) in [7, 11) is 0. The molecular weight excluding hydrogens is 502 g/mol. The summed E-state index contributed by atoms with van der Waals surface area (Å²) in [5.74, 6) is 1.12. The van der Waals surface area contributed by atoms with Crippen LogP contribution >= 0.6 is 0 Å². The molecule has 0 unspecified atom stereocenters. The maximum atomic E-state index is 13.2. The predicted molar refractivity (Wildman–Crippen MR) is 160 cm³/mol. The van der Waals surface area contributed by atoms with E-state index in [1.807, 2.05) is 35.2 Å². The molecule has 7 nitrogen and oxygen atoms in total. The van der Waals surface area contributed by atoms with Crippen molar-refractivity contribution in [2.75, 3.05) is 59.0 Å². The van der Waals surface area contributed by atoms with Crippen molar-refractivity contribution < 1.29 is 19.4 Å². The van der Waals surface area contributed by atoms with Crippen LogP contribution in [0.2, 0.25) is 0 Å². The molecule has 2 saturated heterocycles. The molecule has 1 amide bonds. The smallest absolute Gasteiger partial charge is 0.290 e. The maximum absolute atomic E-state index is 13.2. The van der Waals surface area contributed by atoms with Crippen molar-refractivity contribution in [3.8, 4) is 5.75 Å². The van der Waals surface area contributed by atoms with Gasteiger partial charge < -0.3 is 14.7 Å². The Hall–Kier alpha value is -3.42. The SMILES string of the molecule is O=C(c1cccc2ccccc12)N1CCN(CCc2ccc(OCCN3CCCCCCC3)cc2)CC1.O=CO. The van der Waals surface area contributed by atoms with Gasteiger partial charge in [0.15, 0.2) is 0 Å². The van der Waals surface area contributed by atoms with Crippen LogP contribution in [0.25, 0.3) is 10.8 Å². The monoisotopic (exact) mass is 545 g/mol. The van der Waals surface area contributed by atoms with Crippen LogP contribution < -0.4 is 4.74 Å². The zero-order valence-corrected chi connectivity index (χ0v) is 23.5. The first-order valence-corrected chi connectivity index (χ1v) is 14.7. The fraction of sp³-hybridized carbons (Fsp3) is 0.455. The van der Waals surface area contributed by atoms with Gasteiger partial charge in [0.2, 0.25) is 0 Å². The van der Waals surface area contributed by atoms with E-state index in [4.69, 9.17) is 14.6 Å². The highest BCUT2D eigenvalue weighted by molar-refractivity contribution is 6.07. The minimum atomic E-state index is -0.250. The van der Waals surface area contributed by atoms with Crippen LogP contribution in [0.5, 0.6) is 5.75 Å². The number of carbonyl (C=O) groups is 2. The third-order valence-electron chi connectivity index (χ3n) is 7.94. The average Bonchev–Trinajstić information content (AvgIpc) is 2.98. The number of nitrogens with zero attached hydrogens (tertiary/aromatic N) is 3. The van der Waals surface area contributed by atoms with Crippen LogP contribution in [0.15, 0.2) is 66.7 Å². The Labute approximate surface area is 238 Å². The second-order valence-corrected chi connectivity index (χ2v) is 10.6. The molecule has 0 bridgehead atoms. The van der Waals surface area contributed by atoms with Crippen LogP contribution in [-0.4, -0.2) is 91.2 Å². The summed E-state index contributed by atoms with van der Waals surface area (Å²) in [5.41, 5.74) is 2.15. The third-order valence-corrected chi connectivity index (χ3v) is 7.94. The molecule has 2 fully saturated rings. The van der Waals surface area contributed by atoms with E-state index in [0.717, 1.165) is 74.4 Å². The van der Waals surface area contributed by atoms with Crippen LogP contribution in [0, 0.1) is 0 Å². The van der Waals surface area contributed by atoms with Gasteiger partial charge in [0.05, 0.1) is 0 Å². The summed E-state index contributed by atoms with van der Waals surface area (Å²) >= 11 is 0. The van der Waals surface area contributed by atoms with E-state index in [0.29, 0.717) is 0 Å². The molecule has 2 heterocycles. The lowest BCUT2D eigenvalue weighted by Crippen LogP contribution is -2.49. The first-order valence-electron chi connectivity index (χ1n) is 14.7. The largest absolute Gasteiger partial charge is 0.492 e. The molecule has 3 aromatic rings. The Kier molecular flexibility index (Phi) is 11.8. The van der Waals surface area contributed by atoms with Gasteiger partial charge in [-0.2, -0.15) is 0 Å². The molecule has 40 heavy (non-hydrogen) atoms. The van der Waals surface area contributed by atoms with Gasteiger partial charge in [-0.15, -0.1) is 0 Å². The van der Waals surface area contributed by atoms with E-state index >= 15 is 0 Å². The second kappa shape index (κ2) is 16.0. The molecule has 5 rings (SSSR count). The molecule has 0 spiro atoms. The minimum Gasteiger partial charge on any atom is -0.492 e. The van der Waals surface area contributed by atoms with Crippen molar-refractivity contribution in [2.45, 2.75) is 38.5 Å². The lowest BCUT2D eigenvalue weighted by molar-refractivity contribution is -0.122. The standard InChI is InChI=1S/C32H41N3O2.CH2O2/c36-32(31-12-8-10-28-9-4-5-11-30(28)31)35-23-21-34(22-24-35)20-17-27-13-15-29(16-14-27)37-26-25-33-18-6-2-1-3-7-19-33;2-1-3/h4-5,8-16H,1-3,6-7,17-26H2;1H,(H,2,3). The number of piperazine rings is 1. The van der Waals surface area contributed by atoms with Gasteiger partial charge in [-0.3, -0.25) is 19.4 Å². The molecule has 2 aliphatic rings. The summed E-state index contributed by atoms with van der Waals surface area (Å²) < 4.78 is 6.04. The van der Waals surface area contributed by atoms with Gasteiger partial charge in [0.25, 0.3) is 12.4 Å². The van der Waals surface area contributed by atoms with Crippen molar-refractivity contribution in [2.24, 2.45) is 0 Å². The van der Waals surface area contributed by atoms with Gasteiger partial charge in [-0.25, -0.2) is 0 Å². The van der Waals surface area contributed by atoms with Crippen molar-refractivity contribution in [3.63, 3.8) is 0 Å². The number of fused-ring (bicyclic) bond motifs is 1. The third kappa shape index (κ3) is 8.80. The van der Waals surface area contributed by atoms with Gasteiger partial charge in [0, 0.05) is 44.8 Å². The average molecular weight is 546 g/mol. The minimum absolute atomic E-state index is 0.151. The summed E-state index contributed by atoms with van der Waals surface area (Å²) in [4.78, 5) is 28.6. The Morgan fingerprint density at radius 1 is 0.750 bits per heavy atom. The van der Waals surface area contributed by atoms with E-state index in [1.54, 1.807) is 0 Å². The van der Waals surface area contributed by atoms with Crippen LogP contribution in [0.1, 0.15) is 48.0 Å². The fourth-order valence-electron chi connectivity index (χ4n) is 5.63. The van der Waals surface area contributed by atoms with Crippen LogP contribution in [0.4, 0.5) is 0 Å². The lowest BCUT2D eigenvalue weighted by atomic mass is 10.0. The number of carboxylic acid groups (broad SMARTS) is 1. The second-order valence-electron chi connectivity index (χ2n) is 10.6. The molecule has 0 atom stereocenters. The molecule has 0 aliphatic carbocycles. The Morgan fingerprint density at radius 3 is 2.10 bits per heavy atom. The number of hydrogen-bond donors (Lipinski definition) is 1. The number of likely N-dealkylation sites (tertiary alicyclic amines) is 1. The molecule has 0 saturated carbocycles. The van der Waals surface area contributed by atoms with Gasteiger partial charge >= 0.3 is 0 Å². The van der Waals surface area contributed by atoms with E-state index in [9.17, 15) is 4.79 Å². The molecule has 214 valence electrons. The van der Waals surface area contributed by atoms with Crippen molar-refractivity contribution in [1.29, 1.82) is 0 Å². The highest BCUT2D eigenvalue weighted by Crippen LogP contribution is 2.21. The summed E-state index contributed by atoms with van der Waals surface area (Å²) in [6.45, 7) is 8.41. The van der Waals surface area contributed by atoms with E-state index in [-0.39, 0.29) is 12.4 Å². The van der Waals surface area contributed by atoms with Gasteiger partial charge in [0.1, 0.15) is 12.4 Å². The number of hydrogen-bond acceptors (Lipinski definition) is 5. The molecular formula is C33H43N3O4. The maximum Gasteiger partial charge on any atom is 0.290 e. The molecule has 0 aromatic heterocycles. The number of amides is 1. The predicted octanol–water partition coefficient (Wildman–Crippen LogP) is 5.19. The quantitative estimate of drug-likeness (QED) is 0.393. The first-order chi connectivity index (χ1) is 19.7. The first kappa shape index (κ1) is 29.6. The van der Waals surface area contributed by atoms with Crippen LogP contribution in [0.3, 0.4) is 0 Å². The van der Waals surface area contributed by atoms with Crippen molar-refractivity contribution in [3.05, 3.63) is 77.9 Å². The van der Waals surface area contributed by atoms with E-state index in [2.05, 4.69) is 46.2 Å². The van der Waals surface area contributed by atoms with Gasteiger partial charge in [-0.1, -0.05) is 67.8 Å². The van der Waals surface area contributed by atoms with Gasteiger partial charge in [-0.05, 0) is 66.9 Å². The number of carbonyl (C=O) groups excluding carboxylic acids is 1. The summed E-state index contributed by atoms with van der Waals surface area (Å²) in [5, 5.41) is 9.05. The number of benzene rings is 3. The normalized spacial score (nSPS) is 16.9. The number of rotatable bonds is 8. The molecule has 1 N–H and O–H groups in total. The lowest BCUT2D eigenvalue weighted by Gasteiger charge is -2.35. The topological polar surface area (TPSA) is 73.3 Å². The van der Waals surface area contributed by atoms with Crippen molar-refractivity contribution >= 4 is 23.2 Å². The van der Waals surface area contributed by atoms with E-state index in [1.165, 1.54) is 50.8 Å². The summed E-state index contributed by atoms with van der Waals surface area (Å²) in [6, 6.07) is 22.8. The fourth-order valence-corrected chi connectivity index (χ4v) is 5.63. The Morgan fingerprint density at radius 2 is 1.38 bits per heavy atom. The zero-order chi connectivity index (χ0) is 28.0. The highest BCUT2D eigenvalue weighted by atomic mass is 16.5.